The van der Waals surface area contributed by atoms with E-state index in [9.17, 15) is 9.90 Å². The van der Waals surface area contributed by atoms with Crippen LogP contribution in [-0.2, 0) is 11.2 Å². The van der Waals surface area contributed by atoms with Crippen LogP contribution in [-0.4, -0.2) is 22.3 Å². The number of aryl methyl sites for hydroxylation is 1. The summed E-state index contributed by atoms with van der Waals surface area (Å²) in [5.41, 5.74) is 0.948. The zero-order valence-electron chi connectivity index (χ0n) is 13.7. The van der Waals surface area contributed by atoms with Crippen LogP contribution in [0.4, 0.5) is 5.69 Å². The van der Waals surface area contributed by atoms with Crippen molar-refractivity contribution in [2.75, 3.05) is 5.01 Å². The predicted molar refractivity (Wildman–Crippen MR) is 94.7 cm³/mol. The molecule has 1 N–H and O–H groups in total. The summed E-state index contributed by atoms with van der Waals surface area (Å²) in [4.78, 5) is 12.6. The molecular weight excluding hydrogens is 300 g/mol. The van der Waals surface area contributed by atoms with Crippen molar-refractivity contribution >= 4 is 17.3 Å². The Kier molecular flexibility index (Phi) is 4.20. The molecule has 4 nitrogen and oxygen atoms in total. The summed E-state index contributed by atoms with van der Waals surface area (Å²) < 4.78 is 0. The van der Waals surface area contributed by atoms with Gasteiger partial charge in [-0.25, -0.2) is 0 Å². The van der Waals surface area contributed by atoms with Crippen molar-refractivity contribution in [1.82, 2.24) is 0 Å². The average molecular weight is 318 g/mol. The Balaban J connectivity index is 1.89. The van der Waals surface area contributed by atoms with Gasteiger partial charge in [-0.3, -0.25) is 4.79 Å². The van der Waals surface area contributed by atoms with Crippen LogP contribution in [0.1, 0.15) is 25.0 Å². The van der Waals surface area contributed by atoms with Gasteiger partial charge in [-0.2, -0.15) is 10.1 Å². The van der Waals surface area contributed by atoms with Crippen molar-refractivity contribution in [3.63, 3.8) is 0 Å². The van der Waals surface area contributed by atoms with E-state index in [0.717, 1.165) is 12.0 Å². The molecule has 1 heterocycles. The van der Waals surface area contributed by atoms with E-state index in [1.807, 2.05) is 42.5 Å². The Hall–Kier alpha value is -2.90. The molecule has 0 aromatic heterocycles. The van der Waals surface area contributed by atoms with E-state index in [-0.39, 0.29) is 5.71 Å². The highest BCUT2D eigenvalue weighted by molar-refractivity contribution is 6.23. The molecule has 3 rings (SSSR count). The number of hydrogen-bond donors (Lipinski definition) is 1. The van der Waals surface area contributed by atoms with Crippen molar-refractivity contribution in [2.45, 2.75) is 25.9 Å². The van der Waals surface area contributed by atoms with Crippen molar-refractivity contribution in [3.05, 3.63) is 65.7 Å². The summed E-state index contributed by atoms with van der Waals surface area (Å²) in [5.74, 6) is 5.03. The highest BCUT2D eigenvalue weighted by Gasteiger charge is 2.47. The minimum atomic E-state index is -1.89. The van der Waals surface area contributed by atoms with Crippen molar-refractivity contribution in [3.8, 4) is 11.8 Å². The topological polar surface area (TPSA) is 52.9 Å². The van der Waals surface area contributed by atoms with Gasteiger partial charge in [0.15, 0.2) is 0 Å². The second kappa shape index (κ2) is 6.31. The van der Waals surface area contributed by atoms with Gasteiger partial charge in [0.25, 0.3) is 5.91 Å². The first-order valence-electron chi connectivity index (χ1n) is 7.84. The maximum Gasteiger partial charge on any atom is 0.298 e. The summed E-state index contributed by atoms with van der Waals surface area (Å²) in [6.07, 6.45) is 0.952. The van der Waals surface area contributed by atoms with Gasteiger partial charge in [-0.1, -0.05) is 43.2 Å². The van der Waals surface area contributed by atoms with Crippen molar-refractivity contribution in [1.29, 1.82) is 0 Å². The van der Waals surface area contributed by atoms with Crippen LogP contribution in [0, 0.1) is 11.8 Å². The molecule has 1 aliphatic rings. The van der Waals surface area contributed by atoms with Crippen LogP contribution < -0.4 is 5.01 Å². The molecule has 120 valence electrons. The summed E-state index contributed by atoms with van der Waals surface area (Å²) in [7, 11) is 0. The first-order chi connectivity index (χ1) is 11.5. The third-order valence-corrected chi connectivity index (χ3v) is 4.03. The van der Waals surface area contributed by atoms with Gasteiger partial charge in [0.05, 0.1) is 11.4 Å². The minimum Gasteiger partial charge on any atom is -0.365 e. The lowest BCUT2D eigenvalue weighted by atomic mass is 9.98. The number of carbonyl (C=O) groups excluding carboxylic acids is 1. The van der Waals surface area contributed by atoms with Gasteiger partial charge in [-0.05, 0) is 49.1 Å². The van der Waals surface area contributed by atoms with E-state index in [0.29, 0.717) is 5.69 Å². The van der Waals surface area contributed by atoms with Crippen LogP contribution in [0.15, 0.2) is 59.7 Å². The molecule has 0 spiro atoms. The van der Waals surface area contributed by atoms with E-state index >= 15 is 0 Å². The second-order valence-corrected chi connectivity index (χ2v) is 5.65. The molecule has 2 aromatic rings. The number of rotatable bonds is 2. The lowest BCUT2D eigenvalue weighted by molar-refractivity contribution is -0.126. The fourth-order valence-corrected chi connectivity index (χ4v) is 2.45. The molecule has 0 aliphatic carbocycles. The minimum absolute atomic E-state index is 0.272. The SMILES string of the molecule is CCc1ccc(C#CC2(O)C(=O)N(c3ccccc3)N=C2C)cc1. The maximum atomic E-state index is 12.6. The third kappa shape index (κ3) is 2.82. The van der Waals surface area contributed by atoms with Crippen LogP contribution >= 0.6 is 0 Å². The molecule has 0 radical (unpaired) electrons. The Labute approximate surface area is 141 Å². The van der Waals surface area contributed by atoms with Crippen LogP contribution in [0.25, 0.3) is 0 Å². The summed E-state index contributed by atoms with van der Waals surface area (Å²) in [5, 5.41) is 16.1. The number of hydrazone groups is 1. The Morgan fingerprint density at radius 1 is 1.12 bits per heavy atom. The van der Waals surface area contributed by atoms with Crippen LogP contribution in [0.5, 0.6) is 0 Å². The molecule has 4 heteroatoms. The molecule has 24 heavy (non-hydrogen) atoms. The smallest absolute Gasteiger partial charge is 0.298 e. The van der Waals surface area contributed by atoms with Crippen molar-refractivity contribution in [2.24, 2.45) is 5.10 Å². The van der Waals surface area contributed by atoms with E-state index in [2.05, 4.69) is 23.9 Å². The molecule has 0 fully saturated rings. The van der Waals surface area contributed by atoms with Gasteiger partial charge in [0, 0.05) is 5.56 Å². The Bertz CT molecular complexity index is 845. The first-order valence-corrected chi connectivity index (χ1v) is 7.84. The molecule has 0 saturated heterocycles. The number of aliphatic hydroxyl groups is 1. The Morgan fingerprint density at radius 3 is 2.42 bits per heavy atom. The average Bonchev–Trinajstić information content (AvgIpc) is 2.86. The van der Waals surface area contributed by atoms with E-state index in [1.165, 1.54) is 10.6 Å². The van der Waals surface area contributed by atoms with Gasteiger partial charge < -0.3 is 5.11 Å². The predicted octanol–water partition coefficient (Wildman–Crippen LogP) is 2.75. The molecular formula is C20H18N2O2. The monoisotopic (exact) mass is 318 g/mol. The standard InChI is InChI=1S/C20H18N2O2/c1-3-16-9-11-17(12-10-16)13-14-20(24)15(2)21-22(19(20)23)18-7-5-4-6-8-18/h4-12,24H,3H2,1-2H3. The largest absolute Gasteiger partial charge is 0.365 e. The molecule has 0 bridgehead atoms. The number of benzene rings is 2. The van der Waals surface area contributed by atoms with Gasteiger partial charge in [-0.15, -0.1) is 0 Å². The van der Waals surface area contributed by atoms with Gasteiger partial charge in [0.1, 0.15) is 0 Å². The van der Waals surface area contributed by atoms with Crippen LogP contribution in [0.3, 0.4) is 0 Å². The fraction of sp³-hybridized carbons (Fsp3) is 0.200. The summed E-state index contributed by atoms with van der Waals surface area (Å²) >= 11 is 0. The summed E-state index contributed by atoms with van der Waals surface area (Å²) in [6.45, 7) is 3.69. The number of amides is 1. The van der Waals surface area contributed by atoms with Crippen molar-refractivity contribution < 1.29 is 9.90 Å². The zero-order valence-corrected chi connectivity index (χ0v) is 13.7. The number of para-hydroxylation sites is 1. The number of anilines is 1. The molecule has 1 unspecified atom stereocenters. The highest BCUT2D eigenvalue weighted by atomic mass is 16.3. The maximum absolute atomic E-state index is 12.6. The molecule has 1 amide bonds. The normalized spacial score (nSPS) is 19.7. The molecule has 1 atom stereocenters. The number of carbonyl (C=O) groups is 1. The lowest BCUT2D eigenvalue weighted by Crippen LogP contribution is -2.44. The first kappa shape index (κ1) is 16.0. The number of hydrogen-bond acceptors (Lipinski definition) is 3. The quantitative estimate of drug-likeness (QED) is 0.866. The lowest BCUT2D eigenvalue weighted by Gasteiger charge is -2.16. The second-order valence-electron chi connectivity index (χ2n) is 5.65. The highest BCUT2D eigenvalue weighted by Crippen LogP contribution is 2.26. The van der Waals surface area contributed by atoms with E-state index in [1.54, 1.807) is 19.1 Å². The third-order valence-electron chi connectivity index (χ3n) is 4.03. The number of nitrogens with zero attached hydrogens (tertiary/aromatic N) is 2. The molecule has 2 aromatic carbocycles. The van der Waals surface area contributed by atoms with Gasteiger partial charge in [0.2, 0.25) is 5.60 Å². The Morgan fingerprint density at radius 2 is 1.79 bits per heavy atom. The fourth-order valence-electron chi connectivity index (χ4n) is 2.45. The summed E-state index contributed by atoms with van der Waals surface area (Å²) in [6, 6.07) is 16.7. The molecule has 1 aliphatic heterocycles. The van der Waals surface area contributed by atoms with Crippen LogP contribution in [0.2, 0.25) is 0 Å². The molecule has 0 saturated carbocycles. The van der Waals surface area contributed by atoms with E-state index < -0.39 is 11.5 Å². The van der Waals surface area contributed by atoms with Gasteiger partial charge >= 0.3 is 0 Å². The zero-order chi connectivity index (χ0) is 17.2. The van der Waals surface area contributed by atoms with E-state index in [4.69, 9.17) is 0 Å².